The monoisotopic (exact) mass is 440 g/mol. The van der Waals surface area contributed by atoms with E-state index in [0.29, 0.717) is 16.7 Å². The Morgan fingerprint density at radius 2 is 1.94 bits per heavy atom. The summed E-state index contributed by atoms with van der Waals surface area (Å²) < 4.78 is 6.72. The van der Waals surface area contributed by atoms with Crippen LogP contribution >= 0.6 is 0 Å². The van der Waals surface area contributed by atoms with Gasteiger partial charge in [0.1, 0.15) is 5.75 Å². The summed E-state index contributed by atoms with van der Waals surface area (Å²) in [5, 5.41) is 17.9. The van der Waals surface area contributed by atoms with Crippen LogP contribution in [0.25, 0.3) is 21.7 Å². The molecule has 8 nitrogen and oxygen atoms in total. The first-order valence-corrected chi connectivity index (χ1v) is 10.3. The van der Waals surface area contributed by atoms with Crippen molar-refractivity contribution in [3.05, 3.63) is 66.0 Å². The maximum absolute atomic E-state index is 12.8. The molecule has 0 unspecified atom stereocenters. The molecule has 1 aliphatic rings. The molecule has 164 valence electrons. The van der Waals surface area contributed by atoms with Crippen molar-refractivity contribution in [2.24, 2.45) is 0 Å². The maximum atomic E-state index is 12.8. The number of pyridine rings is 1. The molecular formula is C25H20N4O4. The maximum Gasteiger partial charge on any atom is 0.323 e. The van der Waals surface area contributed by atoms with E-state index in [-0.39, 0.29) is 12.4 Å². The SMILES string of the molecule is COc1ccc2cn(C[C@@]3(C#Cc4ccc5nc(C)ccc5c4)NC(=O)NC3=O)c(O)c2c1. The number of rotatable bonds is 3. The molecule has 0 spiro atoms. The van der Waals surface area contributed by atoms with Gasteiger partial charge >= 0.3 is 6.03 Å². The summed E-state index contributed by atoms with van der Waals surface area (Å²) in [4.78, 5) is 29.3. The Morgan fingerprint density at radius 3 is 2.70 bits per heavy atom. The number of nitrogens with zero attached hydrogens (tertiary/aromatic N) is 2. The fourth-order valence-corrected chi connectivity index (χ4v) is 3.94. The number of methoxy groups -OCH3 is 1. The van der Waals surface area contributed by atoms with Crippen molar-refractivity contribution in [1.82, 2.24) is 20.2 Å². The lowest BCUT2D eigenvalue weighted by atomic mass is 9.99. The van der Waals surface area contributed by atoms with Crippen molar-refractivity contribution < 1.29 is 19.4 Å². The second-order valence-corrected chi connectivity index (χ2v) is 7.96. The number of carbonyl (C=O) groups is 2. The molecule has 1 atom stereocenters. The highest BCUT2D eigenvalue weighted by atomic mass is 16.5. The van der Waals surface area contributed by atoms with Gasteiger partial charge in [-0.1, -0.05) is 17.9 Å². The zero-order valence-electron chi connectivity index (χ0n) is 18.0. The lowest BCUT2D eigenvalue weighted by molar-refractivity contribution is -0.122. The van der Waals surface area contributed by atoms with Crippen LogP contribution in [0.15, 0.2) is 54.7 Å². The molecule has 1 aliphatic heterocycles. The first kappa shape index (κ1) is 20.4. The number of imide groups is 1. The second kappa shape index (κ2) is 7.57. The normalized spacial score (nSPS) is 17.5. The van der Waals surface area contributed by atoms with Gasteiger partial charge in [0, 0.05) is 33.6 Å². The van der Waals surface area contributed by atoms with Crippen molar-refractivity contribution in [3.8, 4) is 23.5 Å². The largest absolute Gasteiger partial charge is 0.497 e. The fourth-order valence-electron chi connectivity index (χ4n) is 3.94. The summed E-state index contributed by atoms with van der Waals surface area (Å²) in [5.74, 6) is 5.92. The van der Waals surface area contributed by atoms with Gasteiger partial charge in [-0.05, 0) is 49.4 Å². The zero-order chi connectivity index (χ0) is 23.2. The van der Waals surface area contributed by atoms with E-state index in [1.54, 1.807) is 31.5 Å². The standard InChI is InChI=1S/C25H20N4O4/c1-15-3-5-17-11-16(4-8-21(17)26-15)9-10-25(23(31)27-24(32)28-25)14-29-13-18-6-7-19(33-2)12-20(18)22(29)30/h3-8,11-13,30H,14H2,1-2H3,(H2,27,28,31,32)/t25-/m1/s1. The van der Waals surface area contributed by atoms with Gasteiger partial charge in [-0.15, -0.1) is 0 Å². The number of fused-ring (bicyclic) bond motifs is 2. The van der Waals surface area contributed by atoms with Crippen LogP contribution in [0.4, 0.5) is 4.79 Å². The molecule has 3 N–H and O–H groups in total. The van der Waals surface area contributed by atoms with E-state index in [9.17, 15) is 14.7 Å². The van der Waals surface area contributed by atoms with Gasteiger partial charge in [-0.2, -0.15) is 0 Å². The van der Waals surface area contributed by atoms with Crippen LogP contribution in [-0.4, -0.2) is 39.2 Å². The number of amides is 3. The van der Waals surface area contributed by atoms with Crippen LogP contribution in [0.3, 0.4) is 0 Å². The smallest absolute Gasteiger partial charge is 0.323 e. The Kier molecular flexibility index (Phi) is 4.68. The number of hydrogen-bond donors (Lipinski definition) is 3. The highest BCUT2D eigenvalue weighted by Gasteiger charge is 2.46. The average molecular weight is 440 g/mol. The highest BCUT2D eigenvalue weighted by Crippen LogP contribution is 2.32. The fraction of sp³-hybridized carbons (Fsp3) is 0.160. The van der Waals surface area contributed by atoms with Gasteiger partial charge in [0.05, 0.1) is 19.2 Å². The predicted molar refractivity (Wildman–Crippen MR) is 123 cm³/mol. The molecule has 2 aromatic heterocycles. The number of hydrogen-bond acceptors (Lipinski definition) is 5. The molecule has 1 fully saturated rings. The van der Waals surface area contributed by atoms with Gasteiger partial charge in [-0.3, -0.25) is 15.1 Å². The molecule has 0 radical (unpaired) electrons. The van der Waals surface area contributed by atoms with E-state index in [1.807, 2.05) is 37.3 Å². The number of nitrogens with one attached hydrogen (secondary N) is 2. The van der Waals surface area contributed by atoms with Crippen molar-refractivity contribution in [2.45, 2.75) is 19.0 Å². The highest BCUT2D eigenvalue weighted by molar-refractivity contribution is 6.09. The van der Waals surface area contributed by atoms with Gasteiger partial charge in [0.25, 0.3) is 5.91 Å². The van der Waals surface area contributed by atoms with Crippen LogP contribution in [-0.2, 0) is 11.3 Å². The Hall–Kier alpha value is -4.51. The number of ether oxygens (including phenoxy) is 1. The lowest BCUT2D eigenvalue weighted by Crippen LogP contribution is -2.49. The van der Waals surface area contributed by atoms with E-state index in [4.69, 9.17) is 4.74 Å². The van der Waals surface area contributed by atoms with Crippen molar-refractivity contribution in [1.29, 1.82) is 0 Å². The van der Waals surface area contributed by atoms with E-state index >= 15 is 0 Å². The molecule has 4 aromatic rings. The van der Waals surface area contributed by atoms with E-state index < -0.39 is 17.5 Å². The molecule has 3 amide bonds. The van der Waals surface area contributed by atoms with Crippen molar-refractivity contribution >= 4 is 33.6 Å². The number of aryl methyl sites for hydroxylation is 1. The van der Waals surface area contributed by atoms with E-state index in [1.165, 1.54) is 4.57 Å². The van der Waals surface area contributed by atoms with Crippen LogP contribution in [0.2, 0.25) is 0 Å². The van der Waals surface area contributed by atoms with Crippen molar-refractivity contribution in [2.75, 3.05) is 7.11 Å². The third kappa shape index (κ3) is 3.59. The minimum atomic E-state index is -1.55. The van der Waals surface area contributed by atoms with Gasteiger partial charge in [0.2, 0.25) is 5.54 Å². The number of urea groups is 1. The Labute approximate surface area is 189 Å². The Balaban J connectivity index is 1.55. The summed E-state index contributed by atoms with van der Waals surface area (Å²) in [6.45, 7) is 1.85. The molecular weight excluding hydrogens is 420 g/mol. The summed E-state index contributed by atoms with van der Waals surface area (Å²) in [6, 6.07) is 14.1. The number of aromatic hydroxyl groups is 1. The predicted octanol–water partition coefficient (Wildman–Crippen LogP) is 2.84. The molecule has 5 rings (SSSR count). The van der Waals surface area contributed by atoms with E-state index in [0.717, 1.165) is 22.0 Å². The summed E-state index contributed by atoms with van der Waals surface area (Å²) in [6.07, 6.45) is 1.70. The number of aromatic nitrogens is 2. The molecule has 0 bridgehead atoms. The molecule has 33 heavy (non-hydrogen) atoms. The number of carbonyl (C=O) groups excluding carboxylic acids is 2. The van der Waals surface area contributed by atoms with Crippen LogP contribution < -0.4 is 15.4 Å². The second-order valence-electron chi connectivity index (χ2n) is 7.96. The third-order valence-corrected chi connectivity index (χ3v) is 5.67. The summed E-state index contributed by atoms with van der Waals surface area (Å²) in [7, 11) is 1.54. The van der Waals surface area contributed by atoms with Crippen molar-refractivity contribution in [3.63, 3.8) is 0 Å². The van der Waals surface area contributed by atoms with Crippen LogP contribution in [0.5, 0.6) is 11.6 Å². The topological polar surface area (TPSA) is 105 Å². The number of benzene rings is 2. The first-order chi connectivity index (χ1) is 15.9. The summed E-state index contributed by atoms with van der Waals surface area (Å²) >= 11 is 0. The molecule has 1 saturated heterocycles. The molecule has 2 aromatic carbocycles. The minimum absolute atomic E-state index is 0.0498. The van der Waals surface area contributed by atoms with Crippen LogP contribution in [0.1, 0.15) is 11.3 Å². The Morgan fingerprint density at radius 1 is 1.12 bits per heavy atom. The zero-order valence-corrected chi connectivity index (χ0v) is 18.0. The first-order valence-electron chi connectivity index (χ1n) is 10.3. The Bertz CT molecular complexity index is 1510. The quantitative estimate of drug-likeness (QED) is 0.336. The molecule has 3 heterocycles. The molecule has 0 saturated carbocycles. The third-order valence-electron chi connectivity index (χ3n) is 5.67. The summed E-state index contributed by atoms with van der Waals surface area (Å²) in [5.41, 5.74) is 0.894. The van der Waals surface area contributed by atoms with Gasteiger partial charge < -0.3 is 19.7 Å². The molecule has 8 heteroatoms. The van der Waals surface area contributed by atoms with Gasteiger partial charge in [0.15, 0.2) is 5.88 Å². The van der Waals surface area contributed by atoms with Crippen LogP contribution in [0, 0.1) is 18.8 Å². The lowest BCUT2D eigenvalue weighted by Gasteiger charge is -2.20. The molecule has 0 aliphatic carbocycles. The average Bonchev–Trinajstić information content (AvgIpc) is 3.26. The van der Waals surface area contributed by atoms with Gasteiger partial charge in [-0.25, -0.2) is 4.79 Å². The van der Waals surface area contributed by atoms with E-state index in [2.05, 4.69) is 27.5 Å². The minimum Gasteiger partial charge on any atom is -0.497 e.